The maximum atomic E-state index is 13.5. The number of nitrogens with zero attached hydrogens (tertiary/aromatic N) is 2. The molecule has 1 aromatic carbocycles. The summed E-state index contributed by atoms with van der Waals surface area (Å²) in [5, 5.41) is 2.74. The van der Waals surface area contributed by atoms with Crippen molar-refractivity contribution in [1.29, 1.82) is 0 Å². The quantitative estimate of drug-likeness (QED) is 0.660. The van der Waals surface area contributed by atoms with Crippen LogP contribution < -0.4 is 9.62 Å². The van der Waals surface area contributed by atoms with Gasteiger partial charge in [-0.1, -0.05) is 6.92 Å². The third-order valence-corrected chi connectivity index (χ3v) is 6.18. The molecular formula is C19H29F2N3O3S. The fourth-order valence-electron chi connectivity index (χ4n) is 3.58. The van der Waals surface area contributed by atoms with Crippen molar-refractivity contribution in [2.45, 2.75) is 39.2 Å². The van der Waals surface area contributed by atoms with Gasteiger partial charge in [-0.25, -0.2) is 17.2 Å². The average molecular weight is 418 g/mol. The molecule has 0 radical (unpaired) electrons. The van der Waals surface area contributed by atoms with Gasteiger partial charge in [-0.3, -0.25) is 9.10 Å². The van der Waals surface area contributed by atoms with Crippen LogP contribution in [-0.2, 0) is 14.8 Å². The molecule has 6 nitrogen and oxygen atoms in total. The molecule has 1 saturated heterocycles. The first-order chi connectivity index (χ1) is 13.1. The minimum absolute atomic E-state index is 0.0913. The zero-order valence-electron chi connectivity index (χ0n) is 16.6. The van der Waals surface area contributed by atoms with Crippen molar-refractivity contribution in [3.8, 4) is 0 Å². The molecule has 1 fully saturated rings. The molecule has 1 aromatic rings. The number of halogens is 2. The molecule has 2 atom stereocenters. The number of piperidine rings is 1. The number of carbonyl (C=O) groups excluding carboxylic acids is 1. The lowest BCUT2D eigenvalue weighted by molar-refractivity contribution is -0.121. The highest BCUT2D eigenvalue weighted by Crippen LogP contribution is 2.23. The van der Waals surface area contributed by atoms with Crippen molar-refractivity contribution in [1.82, 2.24) is 10.2 Å². The van der Waals surface area contributed by atoms with E-state index in [0.29, 0.717) is 12.5 Å². The Kier molecular flexibility index (Phi) is 7.77. The molecule has 28 heavy (non-hydrogen) atoms. The van der Waals surface area contributed by atoms with Gasteiger partial charge in [0.1, 0.15) is 6.04 Å². The van der Waals surface area contributed by atoms with Crippen LogP contribution in [0.5, 0.6) is 0 Å². The summed E-state index contributed by atoms with van der Waals surface area (Å²) in [4.78, 5) is 14.8. The summed E-state index contributed by atoms with van der Waals surface area (Å²) in [6.07, 6.45) is 4.11. The zero-order valence-corrected chi connectivity index (χ0v) is 17.4. The standard InChI is InChI=1S/C19H29F2N3O3S/c1-14-6-4-10-23(13-14)11-5-9-22-19(25)15(2)24(28(3,26)27)16-7-8-17(20)18(21)12-16/h7-8,12,14-15H,4-6,9-11,13H2,1-3H3,(H,22,25)/t14-,15-/m0/s1. The van der Waals surface area contributed by atoms with Gasteiger partial charge in [-0.2, -0.15) is 0 Å². The minimum atomic E-state index is -3.87. The van der Waals surface area contributed by atoms with Crippen LogP contribution in [0.1, 0.15) is 33.1 Å². The highest BCUT2D eigenvalue weighted by Gasteiger charge is 2.29. The predicted molar refractivity (Wildman–Crippen MR) is 106 cm³/mol. The molecular weight excluding hydrogens is 388 g/mol. The summed E-state index contributed by atoms with van der Waals surface area (Å²) >= 11 is 0. The van der Waals surface area contributed by atoms with Crippen molar-refractivity contribution in [3.63, 3.8) is 0 Å². The van der Waals surface area contributed by atoms with Crippen LogP contribution in [0.4, 0.5) is 14.5 Å². The summed E-state index contributed by atoms with van der Waals surface area (Å²) in [6.45, 7) is 7.06. The number of benzene rings is 1. The molecule has 1 aliphatic rings. The fourth-order valence-corrected chi connectivity index (χ4v) is 4.75. The highest BCUT2D eigenvalue weighted by atomic mass is 32.2. The van der Waals surface area contributed by atoms with E-state index in [4.69, 9.17) is 0 Å². The summed E-state index contributed by atoms with van der Waals surface area (Å²) in [5.74, 6) is -2.05. The van der Waals surface area contributed by atoms with E-state index in [9.17, 15) is 22.0 Å². The molecule has 158 valence electrons. The van der Waals surface area contributed by atoms with E-state index < -0.39 is 33.6 Å². The van der Waals surface area contributed by atoms with Crippen LogP contribution in [0.3, 0.4) is 0 Å². The Morgan fingerprint density at radius 3 is 2.68 bits per heavy atom. The van der Waals surface area contributed by atoms with E-state index in [0.717, 1.165) is 54.8 Å². The van der Waals surface area contributed by atoms with E-state index >= 15 is 0 Å². The Hall–Kier alpha value is -1.74. The van der Waals surface area contributed by atoms with Crippen molar-refractivity contribution >= 4 is 21.6 Å². The normalized spacial score (nSPS) is 19.2. The second kappa shape index (κ2) is 9.65. The molecule has 0 saturated carbocycles. The largest absolute Gasteiger partial charge is 0.354 e. The van der Waals surface area contributed by atoms with Gasteiger partial charge in [-0.15, -0.1) is 0 Å². The third-order valence-electron chi connectivity index (χ3n) is 4.94. The van der Waals surface area contributed by atoms with E-state index in [1.54, 1.807) is 0 Å². The first-order valence-electron chi connectivity index (χ1n) is 9.54. The number of hydrogen-bond donors (Lipinski definition) is 1. The van der Waals surface area contributed by atoms with Crippen molar-refractivity contribution in [2.24, 2.45) is 5.92 Å². The van der Waals surface area contributed by atoms with E-state index in [1.807, 2.05) is 0 Å². The molecule has 1 amide bonds. The Labute approximate surface area is 165 Å². The van der Waals surface area contributed by atoms with Crippen LogP contribution in [0.25, 0.3) is 0 Å². The maximum absolute atomic E-state index is 13.5. The van der Waals surface area contributed by atoms with Gasteiger partial charge in [0, 0.05) is 19.2 Å². The number of hydrogen-bond acceptors (Lipinski definition) is 4. The molecule has 0 aliphatic carbocycles. The van der Waals surface area contributed by atoms with Gasteiger partial charge >= 0.3 is 0 Å². The number of anilines is 1. The first-order valence-corrected chi connectivity index (χ1v) is 11.4. The van der Waals surface area contributed by atoms with Crippen molar-refractivity contribution in [2.75, 3.05) is 36.7 Å². The van der Waals surface area contributed by atoms with Crippen LogP contribution in [0.2, 0.25) is 0 Å². The molecule has 0 aromatic heterocycles. The smallest absolute Gasteiger partial charge is 0.243 e. The Morgan fingerprint density at radius 2 is 2.07 bits per heavy atom. The first kappa shape index (κ1) is 22.5. The highest BCUT2D eigenvalue weighted by molar-refractivity contribution is 7.92. The minimum Gasteiger partial charge on any atom is -0.354 e. The summed E-state index contributed by atoms with van der Waals surface area (Å²) in [5.41, 5.74) is -0.0913. The Balaban J connectivity index is 1.95. The number of likely N-dealkylation sites (tertiary alicyclic amines) is 1. The number of carbonyl (C=O) groups is 1. The molecule has 0 bridgehead atoms. The number of amides is 1. The lowest BCUT2D eigenvalue weighted by atomic mass is 10.0. The van der Waals surface area contributed by atoms with Gasteiger partial charge in [0.15, 0.2) is 11.6 Å². The molecule has 1 aliphatic heterocycles. The zero-order chi connectivity index (χ0) is 20.9. The lowest BCUT2D eigenvalue weighted by Crippen LogP contribution is -2.48. The molecule has 0 unspecified atom stereocenters. The summed E-state index contributed by atoms with van der Waals surface area (Å²) < 4.78 is 51.8. The number of sulfonamides is 1. The van der Waals surface area contributed by atoms with Crippen LogP contribution in [0.15, 0.2) is 18.2 Å². The van der Waals surface area contributed by atoms with Crippen LogP contribution in [0, 0.1) is 17.6 Å². The average Bonchev–Trinajstić information content (AvgIpc) is 2.60. The Morgan fingerprint density at radius 1 is 1.36 bits per heavy atom. The number of rotatable bonds is 8. The third kappa shape index (κ3) is 6.13. The van der Waals surface area contributed by atoms with Crippen LogP contribution >= 0.6 is 0 Å². The van der Waals surface area contributed by atoms with E-state index in [2.05, 4.69) is 17.1 Å². The number of nitrogens with one attached hydrogen (secondary N) is 1. The second-order valence-electron chi connectivity index (χ2n) is 7.53. The monoisotopic (exact) mass is 417 g/mol. The second-order valence-corrected chi connectivity index (χ2v) is 9.39. The van der Waals surface area contributed by atoms with E-state index in [1.165, 1.54) is 19.8 Å². The molecule has 1 heterocycles. The summed E-state index contributed by atoms with van der Waals surface area (Å²) in [6, 6.07) is 1.67. The molecule has 9 heteroatoms. The topological polar surface area (TPSA) is 69.7 Å². The molecule has 1 N–H and O–H groups in total. The lowest BCUT2D eigenvalue weighted by Gasteiger charge is -2.31. The molecule has 0 spiro atoms. The SMILES string of the molecule is C[C@H]1CCCN(CCCNC(=O)[C@H](C)N(c2ccc(F)c(F)c2)S(C)(=O)=O)C1. The van der Waals surface area contributed by atoms with Gasteiger partial charge in [-0.05, 0) is 57.3 Å². The van der Waals surface area contributed by atoms with Crippen molar-refractivity contribution in [3.05, 3.63) is 29.8 Å². The molecule has 2 rings (SSSR count). The van der Waals surface area contributed by atoms with Crippen LogP contribution in [-0.4, -0.2) is 57.7 Å². The van der Waals surface area contributed by atoms with Gasteiger partial charge in [0.25, 0.3) is 0 Å². The predicted octanol–water partition coefficient (Wildman–Crippen LogP) is 2.36. The maximum Gasteiger partial charge on any atom is 0.243 e. The van der Waals surface area contributed by atoms with E-state index in [-0.39, 0.29) is 5.69 Å². The van der Waals surface area contributed by atoms with Gasteiger partial charge in [0.05, 0.1) is 11.9 Å². The van der Waals surface area contributed by atoms with Gasteiger partial charge < -0.3 is 10.2 Å². The summed E-state index contributed by atoms with van der Waals surface area (Å²) in [7, 11) is -3.87. The van der Waals surface area contributed by atoms with Crippen molar-refractivity contribution < 1.29 is 22.0 Å². The fraction of sp³-hybridized carbons (Fsp3) is 0.632. The van der Waals surface area contributed by atoms with Gasteiger partial charge in [0.2, 0.25) is 15.9 Å². The Bertz CT molecular complexity index is 789.